The number of nitrogens with zero attached hydrogens (tertiary/aromatic N) is 2. The van der Waals surface area contributed by atoms with Crippen LogP contribution in [0.2, 0.25) is 0 Å². The Labute approximate surface area is 103 Å². The highest BCUT2D eigenvalue weighted by atomic mass is 16.1. The highest BCUT2D eigenvalue weighted by Crippen LogP contribution is 2.23. The molecular weight excluding hydrogens is 214 g/mol. The van der Waals surface area contributed by atoms with Crippen molar-refractivity contribution in [2.24, 2.45) is 5.92 Å². The van der Waals surface area contributed by atoms with E-state index < -0.39 is 0 Å². The zero-order chi connectivity index (χ0) is 12.1. The summed E-state index contributed by atoms with van der Waals surface area (Å²) in [6.45, 7) is 5.53. The molecule has 0 aliphatic heterocycles. The second-order valence-corrected chi connectivity index (χ2v) is 4.91. The maximum Gasteiger partial charge on any atom is 0.328 e. The number of hydrogen-bond donors (Lipinski definition) is 1. The fourth-order valence-electron chi connectivity index (χ4n) is 2.58. The lowest BCUT2D eigenvalue weighted by Crippen LogP contribution is -2.30. The summed E-state index contributed by atoms with van der Waals surface area (Å²) in [5.74, 6) is 0.868. The van der Waals surface area contributed by atoms with Gasteiger partial charge < -0.3 is 5.32 Å². The van der Waals surface area contributed by atoms with E-state index in [2.05, 4.69) is 5.32 Å². The Morgan fingerprint density at radius 3 is 2.65 bits per heavy atom. The quantitative estimate of drug-likeness (QED) is 0.761. The topological polar surface area (TPSA) is 39.0 Å². The first kappa shape index (κ1) is 12.4. The summed E-state index contributed by atoms with van der Waals surface area (Å²) in [7, 11) is 0. The van der Waals surface area contributed by atoms with Gasteiger partial charge >= 0.3 is 5.69 Å². The molecule has 0 radical (unpaired) electrons. The first-order chi connectivity index (χ1) is 8.31. The Balaban J connectivity index is 1.70. The molecule has 1 aliphatic carbocycles. The van der Waals surface area contributed by atoms with Crippen molar-refractivity contribution in [1.82, 2.24) is 14.5 Å². The zero-order valence-corrected chi connectivity index (χ0v) is 10.7. The Bertz CT molecular complexity index is 388. The van der Waals surface area contributed by atoms with Crippen molar-refractivity contribution in [2.75, 3.05) is 13.1 Å². The minimum absolute atomic E-state index is 0.107. The second kappa shape index (κ2) is 6.05. The van der Waals surface area contributed by atoms with Gasteiger partial charge in [-0.3, -0.25) is 9.13 Å². The second-order valence-electron chi connectivity index (χ2n) is 4.91. The van der Waals surface area contributed by atoms with E-state index >= 15 is 0 Å². The van der Waals surface area contributed by atoms with Crippen molar-refractivity contribution in [3.63, 3.8) is 0 Å². The molecule has 0 unspecified atom stereocenters. The summed E-state index contributed by atoms with van der Waals surface area (Å²) >= 11 is 0. The molecule has 1 fully saturated rings. The molecule has 0 aromatic carbocycles. The van der Waals surface area contributed by atoms with Crippen LogP contribution in [0.25, 0.3) is 0 Å². The van der Waals surface area contributed by atoms with Crippen LogP contribution in [-0.4, -0.2) is 22.2 Å². The molecule has 17 heavy (non-hydrogen) atoms. The van der Waals surface area contributed by atoms with Gasteiger partial charge in [-0.25, -0.2) is 4.79 Å². The smallest absolute Gasteiger partial charge is 0.315 e. The first-order valence-corrected chi connectivity index (χ1v) is 6.77. The van der Waals surface area contributed by atoms with Gasteiger partial charge in [0.15, 0.2) is 0 Å². The molecule has 1 saturated carbocycles. The number of hydrogen-bond acceptors (Lipinski definition) is 2. The van der Waals surface area contributed by atoms with Gasteiger partial charge in [0, 0.05) is 32.0 Å². The summed E-state index contributed by atoms with van der Waals surface area (Å²) in [6, 6.07) is 0. The molecule has 1 aliphatic rings. The van der Waals surface area contributed by atoms with Gasteiger partial charge in [0.25, 0.3) is 0 Å². The maximum atomic E-state index is 11.7. The molecule has 1 aromatic heterocycles. The molecule has 4 heteroatoms. The van der Waals surface area contributed by atoms with Crippen LogP contribution in [0, 0.1) is 5.92 Å². The van der Waals surface area contributed by atoms with Crippen LogP contribution >= 0.6 is 0 Å². The largest absolute Gasteiger partial charge is 0.328 e. The number of aryl methyl sites for hydroxylation is 1. The van der Waals surface area contributed by atoms with E-state index in [0.29, 0.717) is 0 Å². The van der Waals surface area contributed by atoms with Crippen molar-refractivity contribution in [1.29, 1.82) is 0 Å². The highest BCUT2D eigenvalue weighted by Gasteiger charge is 2.13. The molecule has 0 amide bonds. The van der Waals surface area contributed by atoms with Gasteiger partial charge in [0.1, 0.15) is 0 Å². The molecule has 4 nitrogen and oxygen atoms in total. The van der Waals surface area contributed by atoms with E-state index in [1.807, 2.05) is 19.3 Å². The highest BCUT2D eigenvalue weighted by molar-refractivity contribution is 4.81. The van der Waals surface area contributed by atoms with Crippen molar-refractivity contribution in [3.05, 3.63) is 22.9 Å². The van der Waals surface area contributed by atoms with Crippen molar-refractivity contribution in [3.8, 4) is 0 Å². The minimum atomic E-state index is 0.107. The van der Waals surface area contributed by atoms with Gasteiger partial charge in [-0.1, -0.05) is 12.8 Å². The molecule has 2 rings (SSSR count). The van der Waals surface area contributed by atoms with E-state index in [9.17, 15) is 4.79 Å². The first-order valence-electron chi connectivity index (χ1n) is 6.77. The van der Waals surface area contributed by atoms with Gasteiger partial charge in [-0.2, -0.15) is 0 Å². The summed E-state index contributed by atoms with van der Waals surface area (Å²) in [5.41, 5.74) is 0.107. The Morgan fingerprint density at radius 2 is 2.00 bits per heavy atom. The minimum Gasteiger partial charge on any atom is -0.315 e. The van der Waals surface area contributed by atoms with Crippen LogP contribution in [0.15, 0.2) is 17.2 Å². The van der Waals surface area contributed by atoms with Crippen LogP contribution in [0.4, 0.5) is 0 Å². The molecule has 0 atom stereocenters. The van der Waals surface area contributed by atoms with Crippen molar-refractivity contribution < 1.29 is 0 Å². The SMILES string of the molecule is CCn1ccn(CCNCC2CCCC2)c1=O. The molecule has 0 spiro atoms. The Morgan fingerprint density at radius 1 is 1.29 bits per heavy atom. The Hall–Kier alpha value is -1.03. The van der Waals surface area contributed by atoms with E-state index in [-0.39, 0.29) is 5.69 Å². The van der Waals surface area contributed by atoms with Gasteiger partial charge in [0.05, 0.1) is 0 Å². The maximum absolute atomic E-state index is 11.7. The fourth-order valence-corrected chi connectivity index (χ4v) is 2.58. The van der Waals surface area contributed by atoms with E-state index in [1.165, 1.54) is 25.7 Å². The van der Waals surface area contributed by atoms with Crippen molar-refractivity contribution >= 4 is 0 Å². The van der Waals surface area contributed by atoms with Crippen LogP contribution in [0.3, 0.4) is 0 Å². The number of nitrogens with one attached hydrogen (secondary N) is 1. The average molecular weight is 237 g/mol. The van der Waals surface area contributed by atoms with Crippen LogP contribution in [0.5, 0.6) is 0 Å². The van der Waals surface area contributed by atoms with Crippen LogP contribution in [-0.2, 0) is 13.1 Å². The summed E-state index contributed by atoms with van der Waals surface area (Å²) in [5, 5.41) is 3.46. The summed E-state index contributed by atoms with van der Waals surface area (Å²) < 4.78 is 3.52. The molecule has 1 heterocycles. The summed E-state index contributed by atoms with van der Waals surface area (Å²) in [6.07, 6.45) is 9.27. The number of aromatic nitrogens is 2. The molecule has 0 bridgehead atoms. The third-order valence-electron chi connectivity index (χ3n) is 3.70. The van der Waals surface area contributed by atoms with Crippen molar-refractivity contribution in [2.45, 2.75) is 45.7 Å². The van der Waals surface area contributed by atoms with E-state index in [4.69, 9.17) is 0 Å². The number of imidazole rings is 1. The van der Waals surface area contributed by atoms with E-state index in [1.54, 1.807) is 9.13 Å². The average Bonchev–Trinajstić information content (AvgIpc) is 2.95. The third-order valence-corrected chi connectivity index (χ3v) is 3.70. The van der Waals surface area contributed by atoms with E-state index in [0.717, 1.165) is 32.1 Å². The predicted molar refractivity (Wildman–Crippen MR) is 69.2 cm³/mol. The molecule has 1 aromatic rings. The van der Waals surface area contributed by atoms with Crippen LogP contribution in [0.1, 0.15) is 32.6 Å². The number of rotatable bonds is 6. The monoisotopic (exact) mass is 237 g/mol. The van der Waals surface area contributed by atoms with Gasteiger partial charge in [-0.05, 0) is 32.2 Å². The summed E-state index contributed by atoms with van der Waals surface area (Å²) in [4.78, 5) is 11.7. The van der Waals surface area contributed by atoms with Crippen LogP contribution < -0.4 is 11.0 Å². The molecule has 1 N–H and O–H groups in total. The molecular formula is C13H23N3O. The lowest BCUT2D eigenvalue weighted by Gasteiger charge is -2.10. The third kappa shape index (κ3) is 3.22. The standard InChI is InChI=1S/C13H23N3O/c1-2-15-9-10-16(13(15)17)8-7-14-11-12-5-3-4-6-12/h9-10,12,14H,2-8,11H2,1H3. The lowest BCUT2D eigenvalue weighted by atomic mass is 10.1. The fraction of sp³-hybridized carbons (Fsp3) is 0.769. The Kier molecular flexibility index (Phi) is 4.42. The zero-order valence-electron chi connectivity index (χ0n) is 10.7. The van der Waals surface area contributed by atoms with Gasteiger partial charge in [-0.15, -0.1) is 0 Å². The molecule has 96 valence electrons. The normalized spacial score (nSPS) is 16.8. The van der Waals surface area contributed by atoms with Gasteiger partial charge in [0.2, 0.25) is 0 Å². The predicted octanol–water partition coefficient (Wildman–Crippen LogP) is 1.45. The lowest BCUT2D eigenvalue weighted by molar-refractivity contribution is 0.472. The molecule has 0 saturated heterocycles.